The summed E-state index contributed by atoms with van der Waals surface area (Å²) in [6.07, 6.45) is 20.5. The Morgan fingerprint density at radius 2 is 0.944 bits per heavy atom. The first-order chi connectivity index (χ1) is 8.91. The molecule has 0 spiro atoms. The molecule has 0 heteroatoms. The Balaban J connectivity index is 0. The fourth-order valence-corrected chi connectivity index (χ4v) is 2.13. The van der Waals surface area contributed by atoms with Crippen molar-refractivity contribution in [2.45, 2.75) is 90.4 Å². The molecular weight excluding hydrogens is 216 g/mol. The van der Waals surface area contributed by atoms with Gasteiger partial charge in [-0.1, -0.05) is 83.6 Å². The van der Waals surface area contributed by atoms with Gasteiger partial charge in [-0.2, -0.15) is 0 Å². The number of allylic oxidation sites excluding steroid dienone is 1. The molecule has 0 nitrogen and oxygen atoms in total. The summed E-state index contributed by atoms with van der Waals surface area (Å²) in [5, 5.41) is 0. The van der Waals surface area contributed by atoms with E-state index in [0.717, 1.165) is 0 Å². The van der Waals surface area contributed by atoms with Crippen LogP contribution < -0.4 is 0 Å². The van der Waals surface area contributed by atoms with Crippen LogP contribution in [0, 0.1) is 0 Å². The molecule has 108 valence electrons. The Kier molecular flexibility index (Phi) is 23.9. The molecule has 0 aromatic rings. The molecule has 0 aliphatic heterocycles. The van der Waals surface area contributed by atoms with Crippen LogP contribution in [-0.2, 0) is 0 Å². The predicted molar refractivity (Wildman–Crippen MR) is 87.1 cm³/mol. The second-order valence-electron chi connectivity index (χ2n) is 4.97. The van der Waals surface area contributed by atoms with E-state index in [2.05, 4.69) is 26.7 Å². The zero-order valence-corrected chi connectivity index (χ0v) is 12.9. The van der Waals surface area contributed by atoms with Crippen molar-refractivity contribution in [3.8, 4) is 0 Å². The zero-order chi connectivity index (χ0) is 13.9. The molecule has 0 radical (unpaired) electrons. The maximum atomic E-state index is 3.75. The van der Waals surface area contributed by atoms with Gasteiger partial charge in [-0.3, -0.25) is 0 Å². The van der Waals surface area contributed by atoms with Crippen molar-refractivity contribution in [3.63, 3.8) is 0 Å². The van der Waals surface area contributed by atoms with E-state index in [-0.39, 0.29) is 0 Å². The highest BCUT2D eigenvalue weighted by molar-refractivity contribution is 4.65. The van der Waals surface area contributed by atoms with Gasteiger partial charge in [0.15, 0.2) is 0 Å². The standard InChI is InChI=1S/C16H32.C2H4/c1-3-5-7-9-11-13-15-16-14-12-10-8-6-4-2;1-2/h3H,1,4-16H2,2H3;1-2H2. The lowest BCUT2D eigenvalue weighted by Crippen LogP contribution is -1.82. The van der Waals surface area contributed by atoms with Crippen LogP contribution in [0.1, 0.15) is 90.4 Å². The molecule has 18 heavy (non-hydrogen) atoms. The smallest absolute Gasteiger partial charge is 0.0353 e. The van der Waals surface area contributed by atoms with Gasteiger partial charge in [0.05, 0.1) is 0 Å². The first-order valence-corrected chi connectivity index (χ1v) is 8.02. The van der Waals surface area contributed by atoms with Crippen molar-refractivity contribution in [1.82, 2.24) is 0 Å². The van der Waals surface area contributed by atoms with E-state index in [4.69, 9.17) is 0 Å². The van der Waals surface area contributed by atoms with Crippen molar-refractivity contribution in [1.29, 1.82) is 0 Å². The van der Waals surface area contributed by atoms with Gasteiger partial charge in [0.2, 0.25) is 0 Å². The largest absolute Gasteiger partial charge is 0.106 e. The molecule has 0 amide bonds. The molecule has 0 aromatic heterocycles. The van der Waals surface area contributed by atoms with Crippen molar-refractivity contribution >= 4 is 0 Å². The Morgan fingerprint density at radius 3 is 1.28 bits per heavy atom. The van der Waals surface area contributed by atoms with E-state index >= 15 is 0 Å². The minimum Gasteiger partial charge on any atom is -0.106 e. The van der Waals surface area contributed by atoms with E-state index in [9.17, 15) is 0 Å². The predicted octanol–water partition coefficient (Wildman–Crippen LogP) is 7.07. The SMILES string of the molecule is C=C.C=CCCCCCCCCCCCCCC. The van der Waals surface area contributed by atoms with Gasteiger partial charge >= 0.3 is 0 Å². The van der Waals surface area contributed by atoms with Gasteiger partial charge in [-0.15, -0.1) is 19.7 Å². The molecular formula is C18H36. The molecule has 0 atom stereocenters. The fraction of sp³-hybridized carbons (Fsp3) is 0.778. The quantitative estimate of drug-likeness (QED) is 0.243. The molecule has 0 unspecified atom stereocenters. The highest BCUT2D eigenvalue weighted by Crippen LogP contribution is 2.12. The minimum absolute atomic E-state index is 1.21. The van der Waals surface area contributed by atoms with Crippen LogP contribution in [-0.4, -0.2) is 0 Å². The molecule has 0 aliphatic carbocycles. The van der Waals surface area contributed by atoms with Crippen molar-refractivity contribution < 1.29 is 0 Å². The Morgan fingerprint density at radius 1 is 0.611 bits per heavy atom. The average Bonchev–Trinajstić information content (AvgIpc) is 2.42. The number of hydrogen-bond donors (Lipinski definition) is 0. The van der Waals surface area contributed by atoms with Crippen molar-refractivity contribution in [2.75, 3.05) is 0 Å². The van der Waals surface area contributed by atoms with Gasteiger partial charge in [0.25, 0.3) is 0 Å². The van der Waals surface area contributed by atoms with E-state index in [1.165, 1.54) is 83.5 Å². The van der Waals surface area contributed by atoms with Crippen LogP contribution >= 0.6 is 0 Å². The van der Waals surface area contributed by atoms with Crippen LogP contribution in [0.5, 0.6) is 0 Å². The van der Waals surface area contributed by atoms with E-state index in [0.29, 0.717) is 0 Å². The first-order valence-electron chi connectivity index (χ1n) is 8.02. The third kappa shape index (κ3) is 20.8. The summed E-state index contributed by atoms with van der Waals surface area (Å²) >= 11 is 0. The average molecular weight is 252 g/mol. The van der Waals surface area contributed by atoms with Gasteiger partial charge in [0.1, 0.15) is 0 Å². The summed E-state index contributed by atoms with van der Waals surface area (Å²) in [5.41, 5.74) is 0. The third-order valence-electron chi connectivity index (χ3n) is 3.26. The van der Waals surface area contributed by atoms with Gasteiger partial charge in [-0.25, -0.2) is 0 Å². The van der Waals surface area contributed by atoms with Gasteiger partial charge < -0.3 is 0 Å². The topological polar surface area (TPSA) is 0 Å². The van der Waals surface area contributed by atoms with E-state index < -0.39 is 0 Å². The lowest BCUT2D eigenvalue weighted by molar-refractivity contribution is 0.545. The lowest BCUT2D eigenvalue weighted by Gasteiger charge is -2.02. The highest BCUT2D eigenvalue weighted by atomic mass is 14.0. The second-order valence-corrected chi connectivity index (χ2v) is 4.97. The van der Waals surface area contributed by atoms with E-state index in [1.807, 2.05) is 6.08 Å². The molecule has 0 aliphatic rings. The summed E-state index contributed by atoms with van der Waals surface area (Å²) in [7, 11) is 0. The lowest BCUT2D eigenvalue weighted by atomic mass is 10.0. The maximum absolute atomic E-state index is 3.75. The summed E-state index contributed by atoms with van der Waals surface area (Å²) < 4.78 is 0. The minimum atomic E-state index is 1.21. The third-order valence-corrected chi connectivity index (χ3v) is 3.26. The van der Waals surface area contributed by atoms with Crippen LogP contribution in [0.3, 0.4) is 0 Å². The monoisotopic (exact) mass is 252 g/mol. The second kappa shape index (κ2) is 21.7. The summed E-state index contributed by atoms with van der Waals surface area (Å²) in [4.78, 5) is 0. The Labute approximate surface area is 117 Å². The molecule has 0 bridgehead atoms. The highest BCUT2D eigenvalue weighted by Gasteiger charge is 1.92. The summed E-state index contributed by atoms with van der Waals surface area (Å²) in [5.74, 6) is 0. The van der Waals surface area contributed by atoms with Crippen molar-refractivity contribution in [3.05, 3.63) is 25.8 Å². The van der Waals surface area contributed by atoms with Gasteiger partial charge in [-0.05, 0) is 12.8 Å². The molecule has 0 heterocycles. The Hall–Kier alpha value is -0.520. The number of unbranched alkanes of at least 4 members (excludes halogenated alkanes) is 12. The van der Waals surface area contributed by atoms with E-state index in [1.54, 1.807) is 0 Å². The fourth-order valence-electron chi connectivity index (χ4n) is 2.13. The maximum Gasteiger partial charge on any atom is -0.0353 e. The van der Waals surface area contributed by atoms with Crippen molar-refractivity contribution in [2.24, 2.45) is 0 Å². The summed E-state index contributed by atoms with van der Waals surface area (Å²) in [6.45, 7) is 12.0. The first kappa shape index (κ1) is 19.8. The van der Waals surface area contributed by atoms with Crippen LogP contribution in [0.15, 0.2) is 25.8 Å². The van der Waals surface area contributed by atoms with Gasteiger partial charge in [0, 0.05) is 0 Å². The number of rotatable bonds is 13. The van der Waals surface area contributed by atoms with Crippen LogP contribution in [0.2, 0.25) is 0 Å². The number of hydrogen-bond acceptors (Lipinski definition) is 0. The Bertz CT molecular complexity index is 137. The normalized spacial score (nSPS) is 9.61. The molecule has 0 aromatic carbocycles. The molecule has 0 N–H and O–H groups in total. The molecule has 0 saturated carbocycles. The zero-order valence-electron chi connectivity index (χ0n) is 12.9. The van der Waals surface area contributed by atoms with Crippen LogP contribution in [0.25, 0.3) is 0 Å². The molecule has 0 saturated heterocycles. The summed E-state index contributed by atoms with van der Waals surface area (Å²) in [6, 6.07) is 0. The molecule has 0 rings (SSSR count). The molecule has 0 fully saturated rings. The van der Waals surface area contributed by atoms with Crippen LogP contribution in [0.4, 0.5) is 0 Å².